The Bertz CT molecular complexity index is 580. The third-order valence-electron chi connectivity index (χ3n) is 2.37. The molecule has 0 aliphatic carbocycles. The summed E-state index contributed by atoms with van der Waals surface area (Å²) >= 11 is 2.72. The molecule has 0 radical (unpaired) electrons. The van der Waals surface area contributed by atoms with Gasteiger partial charge in [0.1, 0.15) is 0 Å². The number of hydrogen-bond donors (Lipinski definition) is 1. The number of nitrogens with zero attached hydrogens (tertiary/aromatic N) is 1. The summed E-state index contributed by atoms with van der Waals surface area (Å²) in [6, 6.07) is 3.86. The Morgan fingerprint density at radius 3 is 2.88 bits per heavy atom. The predicted molar refractivity (Wildman–Crippen MR) is 68.9 cm³/mol. The minimum Gasteiger partial charge on any atom is -0.481 e. The number of carbonyl (C=O) groups is 1. The molecule has 90 valence electrons. The van der Waals surface area contributed by atoms with Gasteiger partial charge in [0.2, 0.25) is 0 Å². The van der Waals surface area contributed by atoms with Crippen LogP contribution in [-0.2, 0) is 11.3 Å². The van der Waals surface area contributed by atoms with Crippen molar-refractivity contribution in [2.24, 2.45) is 0 Å². The zero-order valence-electron chi connectivity index (χ0n) is 9.17. The molecule has 2 rings (SSSR count). The van der Waals surface area contributed by atoms with Crippen LogP contribution in [0, 0.1) is 6.92 Å². The molecule has 0 aromatic carbocycles. The fourth-order valence-corrected chi connectivity index (χ4v) is 3.42. The lowest BCUT2D eigenvalue weighted by Crippen LogP contribution is -2.16. The molecule has 2 aromatic heterocycles. The number of thiazole rings is 1. The molecule has 17 heavy (non-hydrogen) atoms. The van der Waals surface area contributed by atoms with Gasteiger partial charge in [-0.3, -0.25) is 14.2 Å². The van der Waals surface area contributed by atoms with Crippen molar-refractivity contribution in [2.75, 3.05) is 0 Å². The predicted octanol–water partition coefficient (Wildman–Crippen LogP) is 2.42. The first-order valence-electron chi connectivity index (χ1n) is 5.05. The summed E-state index contributed by atoms with van der Waals surface area (Å²) in [5, 5.41) is 10.6. The molecule has 0 aliphatic rings. The van der Waals surface area contributed by atoms with Gasteiger partial charge in [-0.1, -0.05) is 17.4 Å². The lowest BCUT2D eigenvalue weighted by atomic mass is 10.3. The number of thiophene rings is 1. The second-order valence-electron chi connectivity index (χ2n) is 3.55. The van der Waals surface area contributed by atoms with Crippen LogP contribution in [0.3, 0.4) is 0 Å². The average molecular weight is 269 g/mol. The molecule has 0 spiro atoms. The Morgan fingerprint density at radius 1 is 1.53 bits per heavy atom. The highest BCUT2D eigenvalue weighted by Gasteiger charge is 2.14. The third kappa shape index (κ3) is 2.48. The van der Waals surface area contributed by atoms with Crippen molar-refractivity contribution >= 4 is 28.6 Å². The highest BCUT2D eigenvalue weighted by atomic mass is 32.1. The molecule has 0 atom stereocenters. The molecule has 2 heterocycles. The quantitative estimate of drug-likeness (QED) is 0.927. The fraction of sp³-hybridized carbons (Fsp3) is 0.273. The zero-order chi connectivity index (χ0) is 12.4. The van der Waals surface area contributed by atoms with Gasteiger partial charge in [0, 0.05) is 11.4 Å². The minimum atomic E-state index is -0.891. The molecule has 0 unspecified atom stereocenters. The summed E-state index contributed by atoms with van der Waals surface area (Å²) in [5.41, 5.74) is 0.858. The van der Waals surface area contributed by atoms with E-state index in [4.69, 9.17) is 5.11 Å². The van der Waals surface area contributed by atoms with Crippen LogP contribution in [0.2, 0.25) is 0 Å². The molecule has 4 nitrogen and oxygen atoms in total. The molecule has 0 fully saturated rings. The van der Waals surface area contributed by atoms with Gasteiger partial charge in [-0.05, 0) is 18.4 Å². The number of carboxylic acids is 1. The van der Waals surface area contributed by atoms with Crippen LogP contribution in [0.4, 0.5) is 0 Å². The van der Waals surface area contributed by atoms with Gasteiger partial charge in [-0.2, -0.15) is 0 Å². The van der Waals surface area contributed by atoms with Gasteiger partial charge in [0.05, 0.1) is 17.0 Å². The molecular formula is C11H11NO3S2. The summed E-state index contributed by atoms with van der Waals surface area (Å²) in [5.74, 6) is -0.891. The van der Waals surface area contributed by atoms with Gasteiger partial charge >= 0.3 is 10.8 Å². The van der Waals surface area contributed by atoms with Crippen molar-refractivity contribution < 1.29 is 9.90 Å². The van der Waals surface area contributed by atoms with E-state index in [-0.39, 0.29) is 17.8 Å². The lowest BCUT2D eigenvalue weighted by molar-refractivity contribution is -0.137. The molecule has 2 aromatic rings. The first-order chi connectivity index (χ1) is 8.09. The van der Waals surface area contributed by atoms with Crippen LogP contribution in [0.15, 0.2) is 22.3 Å². The fourth-order valence-electron chi connectivity index (χ4n) is 1.65. The van der Waals surface area contributed by atoms with Crippen molar-refractivity contribution in [3.8, 4) is 10.6 Å². The van der Waals surface area contributed by atoms with E-state index in [9.17, 15) is 9.59 Å². The first kappa shape index (κ1) is 12.1. The monoisotopic (exact) mass is 269 g/mol. The van der Waals surface area contributed by atoms with Crippen LogP contribution >= 0.6 is 22.7 Å². The largest absolute Gasteiger partial charge is 0.481 e. The van der Waals surface area contributed by atoms with E-state index in [0.29, 0.717) is 0 Å². The number of carboxylic acid groups (broad SMARTS) is 1. The standard InChI is InChI=1S/C11H11NO3S2/c1-7-10(8-3-2-6-16-8)12(11(15)17-7)5-4-9(13)14/h2-3,6H,4-5H2,1H3,(H,13,14). The minimum absolute atomic E-state index is 0.0333. The molecule has 6 heteroatoms. The van der Waals surface area contributed by atoms with E-state index >= 15 is 0 Å². The van der Waals surface area contributed by atoms with Gasteiger partial charge in [0.15, 0.2) is 0 Å². The van der Waals surface area contributed by atoms with E-state index in [1.165, 1.54) is 11.3 Å². The molecule has 0 amide bonds. The number of aromatic nitrogens is 1. The average Bonchev–Trinajstić information content (AvgIpc) is 2.83. The Labute approximate surface area is 106 Å². The van der Waals surface area contributed by atoms with Crippen LogP contribution in [0.25, 0.3) is 10.6 Å². The van der Waals surface area contributed by atoms with Crippen molar-refractivity contribution in [2.45, 2.75) is 19.9 Å². The van der Waals surface area contributed by atoms with E-state index in [2.05, 4.69) is 0 Å². The second kappa shape index (κ2) is 4.85. The molecule has 0 bridgehead atoms. The summed E-state index contributed by atoms with van der Waals surface area (Å²) in [6.07, 6.45) is -0.0333. The summed E-state index contributed by atoms with van der Waals surface area (Å²) in [4.78, 5) is 24.2. The zero-order valence-corrected chi connectivity index (χ0v) is 10.8. The maximum Gasteiger partial charge on any atom is 0.307 e. The molecule has 0 saturated carbocycles. The van der Waals surface area contributed by atoms with Crippen molar-refractivity contribution in [1.82, 2.24) is 4.57 Å². The van der Waals surface area contributed by atoms with E-state index in [1.807, 2.05) is 24.4 Å². The number of hydrogen-bond acceptors (Lipinski definition) is 4. The molecule has 0 saturated heterocycles. The number of rotatable bonds is 4. The van der Waals surface area contributed by atoms with Crippen LogP contribution < -0.4 is 4.87 Å². The van der Waals surface area contributed by atoms with Crippen molar-refractivity contribution in [1.29, 1.82) is 0 Å². The second-order valence-corrected chi connectivity index (χ2v) is 5.66. The summed E-state index contributed by atoms with van der Waals surface area (Å²) in [6.45, 7) is 2.12. The maximum absolute atomic E-state index is 11.8. The van der Waals surface area contributed by atoms with Gasteiger partial charge in [0.25, 0.3) is 0 Å². The van der Waals surface area contributed by atoms with Crippen LogP contribution in [0.1, 0.15) is 11.3 Å². The Kier molecular flexibility index (Phi) is 3.44. The van der Waals surface area contributed by atoms with Crippen LogP contribution in [-0.4, -0.2) is 15.6 Å². The topological polar surface area (TPSA) is 59.3 Å². The van der Waals surface area contributed by atoms with Crippen molar-refractivity contribution in [3.63, 3.8) is 0 Å². The maximum atomic E-state index is 11.8. The van der Waals surface area contributed by atoms with Gasteiger partial charge < -0.3 is 5.11 Å². The molecule has 0 aliphatic heterocycles. The Balaban J connectivity index is 2.44. The van der Waals surface area contributed by atoms with E-state index < -0.39 is 5.97 Å². The summed E-state index contributed by atoms with van der Waals surface area (Å²) in [7, 11) is 0. The van der Waals surface area contributed by atoms with Gasteiger partial charge in [-0.15, -0.1) is 11.3 Å². The number of aliphatic carboxylic acids is 1. The van der Waals surface area contributed by atoms with Crippen molar-refractivity contribution in [3.05, 3.63) is 32.1 Å². The van der Waals surface area contributed by atoms with E-state index in [1.54, 1.807) is 15.9 Å². The van der Waals surface area contributed by atoms with Crippen LogP contribution in [0.5, 0.6) is 0 Å². The smallest absolute Gasteiger partial charge is 0.307 e. The highest BCUT2D eigenvalue weighted by molar-refractivity contribution is 7.14. The van der Waals surface area contributed by atoms with Gasteiger partial charge in [-0.25, -0.2) is 0 Å². The summed E-state index contributed by atoms with van der Waals surface area (Å²) < 4.78 is 1.56. The molecule has 1 N–H and O–H groups in total. The number of aryl methyl sites for hydroxylation is 1. The first-order valence-corrected chi connectivity index (χ1v) is 6.75. The van der Waals surface area contributed by atoms with E-state index in [0.717, 1.165) is 15.4 Å². The Hall–Kier alpha value is -1.40. The highest BCUT2D eigenvalue weighted by Crippen LogP contribution is 2.29. The Morgan fingerprint density at radius 2 is 2.29 bits per heavy atom. The third-order valence-corrected chi connectivity index (χ3v) is 4.14. The lowest BCUT2D eigenvalue weighted by Gasteiger charge is -2.05. The SMILES string of the molecule is Cc1sc(=O)n(CCC(=O)O)c1-c1cccs1. The normalized spacial score (nSPS) is 10.6. The molecular weight excluding hydrogens is 258 g/mol.